The minimum atomic E-state index is -1.08. The van der Waals surface area contributed by atoms with E-state index < -0.39 is 18.0 Å². The minimum absolute atomic E-state index is 0.0907. The Hall–Kier alpha value is -1.35. The van der Waals surface area contributed by atoms with Crippen molar-refractivity contribution in [2.24, 2.45) is 11.7 Å². The number of amides is 1. The summed E-state index contributed by atoms with van der Waals surface area (Å²) in [6.45, 7) is 6.72. The molecule has 2 fully saturated rings. The molecule has 7 nitrogen and oxygen atoms in total. The molecular formula is C16H23N3O4S. The number of fused-ring (bicyclic) bond motifs is 1. The van der Waals surface area contributed by atoms with Crippen LogP contribution in [0.1, 0.15) is 19.8 Å². The summed E-state index contributed by atoms with van der Waals surface area (Å²) in [6.07, 6.45) is 0.589. The van der Waals surface area contributed by atoms with Gasteiger partial charge in [-0.15, -0.1) is 11.8 Å². The number of aliphatic hydroxyl groups excluding tert-OH is 1. The number of hydrogen-bond acceptors (Lipinski definition) is 6. The second-order valence-corrected chi connectivity index (χ2v) is 8.02. The van der Waals surface area contributed by atoms with E-state index in [1.54, 1.807) is 6.92 Å². The molecule has 2 saturated heterocycles. The zero-order valence-corrected chi connectivity index (χ0v) is 14.4. The second-order valence-electron chi connectivity index (χ2n) is 6.62. The summed E-state index contributed by atoms with van der Waals surface area (Å²) in [6, 6.07) is -0.0677. The number of hydrogen-bond donors (Lipinski definition) is 4. The standard InChI is InChI=1S/C16H23N3O4S/c1-7(5-17)10-3-9(6-18-10)24-12-4-11-13(8(2)20)15(21)19(11)14(12)16(22)23/h8-11,13,18,20H,1,3-6,17H2,2H3,(H,22,23)/t8-,9+,10+,11-,13-/m1/s1. The van der Waals surface area contributed by atoms with Crippen molar-refractivity contribution in [1.82, 2.24) is 10.2 Å². The molecule has 0 unspecified atom stereocenters. The Kier molecular flexibility index (Phi) is 4.74. The van der Waals surface area contributed by atoms with E-state index in [0.29, 0.717) is 13.0 Å². The van der Waals surface area contributed by atoms with Gasteiger partial charge in [-0.2, -0.15) is 0 Å². The third-order valence-electron chi connectivity index (χ3n) is 5.05. The summed E-state index contributed by atoms with van der Waals surface area (Å²) in [5.74, 6) is -1.86. The van der Waals surface area contributed by atoms with E-state index in [1.165, 1.54) is 16.7 Å². The number of carboxylic acids is 1. The van der Waals surface area contributed by atoms with Gasteiger partial charge in [0.15, 0.2) is 0 Å². The van der Waals surface area contributed by atoms with Crippen LogP contribution >= 0.6 is 11.8 Å². The second kappa shape index (κ2) is 6.51. The van der Waals surface area contributed by atoms with Crippen LogP contribution in [0, 0.1) is 5.92 Å². The summed E-state index contributed by atoms with van der Waals surface area (Å²) < 4.78 is 0. The number of nitrogens with one attached hydrogen (secondary N) is 1. The van der Waals surface area contributed by atoms with Crippen molar-refractivity contribution in [3.63, 3.8) is 0 Å². The van der Waals surface area contributed by atoms with E-state index in [9.17, 15) is 19.8 Å². The fraction of sp³-hybridized carbons (Fsp3) is 0.625. The fourth-order valence-electron chi connectivity index (χ4n) is 3.78. The average molecular weight is 353 g/mol. The number of aliphatic hydroxyl groups is 1. The quantitative estimate of drug-likeness (QED) is 0.388. The molecule has 3 rings (SSSR count). The lowest BCUT2D eigenvalue weighted by atomic mass is 9.83. The van der Waals surface area contributed by atoms with Gasteiger partial charge in [-0.25, -0.2) is 4.79 Å². The molecule has 3 aliphatic heterocycles. The maximum absolute atomic E-state index is 12.2. The molecular weight excluding hydrogens is 330 g/mol. The summed E-state index contributed by atoms with van der Waals surface area (Å²) in [5, 5.41) is 22.9. The van der Waals surface area contributed by atoms with Crippen LogP contribution in [0.15, 0.2) is 22.8 Å². The highest BCUT2D eigenvalue weighted by atomic mass is 32.2. The Morgan fingerprint density at radius 2 is 2.29 bits per heavy atom. The molecule has 0 saturated carbocycles. The average Bonchev–Trinajstić information content (AvgIpc) is 3.09. The first-order valence-corrected chi connectivity index (χ1v) is 8.98. The highest BCUT2D eigenvalue weighted by molar-refractivity contribution is 8.03. The third kappa shape index (κ3) is 2.77. The van der Waals surface area contributed by atoms with Gasteiger partial charge in [-0.3, -0.25) is 4.79 Å². The number of thioether (sulfide) groups is 1. The number of β-lactam (4-membered cyclic amide) rings is 1. The maximum Gasteiger partial charge on any atom is 0.353 e. The van der Waals surface area contributed by atoms with E-state index in [0.717, 1.165) is 23.4 Å². The lowest BCUT2D eigenvalue weighted by molar-refractivity contribution is -0.161. The Bertz CT molecular complexity index is 618. The highest BCUT2D eigenvalue weighted by Gasteiger charge is 2.57. The maximum atomic E-state index is 12.2. The molecule has 5 N–H and O–H groups in total. The van der Waals surface area contributed by atoms with Gasteiger partial charge in [0, 0.05) is 35.7 Å². The first-order chi connectivity index (χ1) is 11.3. The van der Waals surface area contributed by atoms with Crippen molar-refractivity contribution in [1.29, 1.82) is 0 Å². The Morgan fingerprint density at radius 1 is 1.58 bits per heavy atom. The van der Waals surface area contributed by atoms with E-state index >= 15 is 0 Å². The molecule has 3 aliphatic rings. The third-order valence-corrected chi connectivity index (χ3v) is 6.38. The summed E-state index contributed by atoms with van der Waals surface area (Å²) >= 11 is 1.53. The van der Waals surface area contributed by atoms with Crippen molar-refractivity contribution < 1.29 is 19.8 Å². The van der Waals surface area contributed by atoms with Crippen LogP contribution in [0.3, 0.4) is 0 Å². The van der Waals surface area contributed by atoms with Crippen LogP contribution < -0.4 is 11.1 Å². The van der Waals surface area contributed by atoms with E-state index in [2.05, 4.69) is 11.9 Å². The number of carboxylic acid groups (broad SMARTS) is 1. The molecule has 0 aromatic carbocycles. The van der Waals surface area contributed by atoms with Crippen molar-refractivity contribution in [3.8, 4) is 0 Å². The topological polar surface area (TPSA) is 116 Å². The lowest BCUT2D eigenvalue weighted by Gasteiger charge is -2.44. The van der Waals surface area contributed by atoms with Crippen LogP contribution in [0.5, 0.6) is 0 Å². The molecule has 132 valence electrons. The molecule has 0 bridgehead atoms. The van der Waals surface area contributed by atoms with Crippen molar-refractivity contribution in [2.75, 3.05) is 13.1 Å². The van der Waals surface area contributed by atoms with Crippen LogP contribution in [0.2, 0.25) is 0 Å². The predicted molar refractivity (Wildman–Crippen MR) is 91.1 cm³/mol. The summed E-state index contributed by atoms with van der Waals surface area (Å²) in [7, 11) is 0. The summed E-state index contributed by atoms with van der Waals surface area (Å²) in [4.78, 5) is 25.9. The fourth-order valence-corrected chi connectivity index (χ4v) is 5.22. The Labute approximate surface area is 145 Å². The van der Waals surface area contributed by atoms with Crippen molar-refractivity contribution in [2.45, 2.75) is 43.2 Å². The van der Waals surface area contributed by atoms with Gasteiger partial charge in [0.2, 0.25) is 5.91 Å². The first-order valence-electron chi connectivity index (χ1n) is 8.10. The van der Waals surface area contributed by atoms with Crippen LogP contribution in [0.25, 0.3) is 0 Å². The number of nitrogens with zero attached hydrogens (tertiary/aromatic N) is 1. The highest BCUT2D eigenvalue weighted by Crippen LogP contribution is 2.48. The number of rotatable bonds is 6. The molecule has 1 amide bonds. The Morgan fingerprint density at radius 3 is 2.88 bits per heavy atom. The molecule has 0 spiro atoms. The van der Waals surface area contributed by atoms with Gasteiger partial charge in [0.25, 0.3) is 0 Å². The number of carbonyl (C=O) groups excluding carboxylic acids is 1. The van der Waals surface area contributed by atoms with Gasteiger partial charge in [-0.1, -0.05) is 6.58 Å². The normalized spacial score (nSPS) is 33.5. The van der Waals surface area contributed by atoms with E-state index in [4.69, 9.17) is 5.73 Å². The van der Waals surface area contributed by atoms with E-state index in [1.807, 2.05) is 0 Å². The number of carbonyl (C=O) groups is 2. The zero-order valence-electron chi connectivity index (χ0n) is 13.6. The largest absolute Gasteiger partial charge is 0.477 e. The molecule has 0 aromatic heterocycles. The zero-order chi connectivity index (χ0) is 17.6. The lowest BCUT2D eigenvalue weighted by Crippen LogP contribution is -2.61. The number of nitrogens with two attached hydrogens (primary N) is 1. The SMILES string of the molecule is C=C(CN)[C@@H]1C[C@H](SC2=C(C(=O)O)N3C(=O)[C@H]([C@@H](C)O)[C@H]3C2)CN1. The molecule has 3 heterocycles. The monoisotopic (exact) mass is 353 g/mol. The van der Waals surface area contributed by atoms with Crippen molar-refractivity contribution >= 4 is 23.6 Å². The Balaban J connectivity index is 1.73. The predicted octanol–water partition coefficient (Wildman–Crippen LogP) is -0.127. The van der Waals surface area contributed by atoms with Crippen LogP contribution in [-0.4, -0.2) is 63.5 Å². The molecule has 24 heavy (non-hydrogen) atoms. The molecule has 0 aliphatic carbocycles. The van der Waals surface area contributed by atoms with Crippen molar-refractivity contribution in [3.05, 3.63) is 22.8 Å². The van der Waals surface area contributed by atoms with Crippen LogP contribution in [-0.2, 0) is 9.59 Å². The minimum Gasteiger partial charge on any atom is -0.477 e. The van der Waals surface area contributed by atoms with Gasteiger partial charge >= 0.3 is 5.97 Å². The van der Waals surface area contributed by atoms with Gasteiger partial charge < -0.3 is 26.2 Å². The molecule has 5 atom stereocenters. The van der Waals surface area contributed by atoms with Crippen LogP contribution in [0.4, 0.5) is 0 Å². The molecule has 0 aromatic rings. The molecule has 0 radical (unpaired) electrons. The smallest absolute Gasteiger partial charge is 0.353 e. The van der Waals surface area contributed by atoms with Gasteiger partial charge in [0.1, 0.15) is 5.70 Å². The summed E-state index contributed by atoms with van der Waals surface area (Å²) in [5.41, 5.74) is 6.66. The molecule has 8 heteroatoms. The van der Waals surface area contributed by atoms with Gasteiger partial charge in [-0.05, 0) is 18.9 Å². The first kappa shape index (κ1) is 17.5. The number of aliphatic carboxylic acids is 1. The van der Waals surface area contributed by atoms with E-state index in [-0.39, 0.29) is 28.9 Å². The van der Waals surface area contributed by atoms with Gasteiger partial charge in [0.05, 0.1) is 18.1 Å².